The van der Waals surface area contributed by atoms with Crippen molar-refractivity contribution in [2.24, 2.45) is 5.92 Å². The number of urea groups is 1. The molecule has 1 atom stereocenters. The van der Waals surface area contributed by atoms with E-state index in [0.717, 1.165) is 5.56 Å². The lowest BCUT2D eigenvalue weighted by atomic mass is 10.1. The van der Waals surface area contributed by atoms with Crippen LogP contribution in [0.3, 0.4) is 0 Å². The van der Waals surface area contributed by atoms with Gasteiger partial charge in [-0.3, -0.25) is 0 Å². The maximum absolute atomic E-state index is 12.1. The highest BCUT2D eigenvalue weighted by molar-refractivity contribution is 5.74. The van der Waals surface area contributed by atoms with Crippen LogP contribution in [0, 0.1) is 5.92 Å². The number of ether oxygens (including phenoxy) is 1. The Morgan fingerprint density at radius 1 is 1.35 bits per heavy atom. The van der Waals surface area contributed by atoms with Gasteiger partial charge in [0.1, 0.15) is 5.75 Å². The van der Waals surface area contributed by atoms with Gasteiger partial charge in [0.15, 0.2) is 0 Å². The second kappa shape index (κ2) is 7.10. The maximum Gasteiger partial charge on any atom is 0.573 e. The maximum atomic E-state index is 12.1. The third-order valence-electron chi connectivity index (χ3n) is 4.08. The van der Waals surface area contributed by atoms with E-state index in [1.165, 1.54) is 25.0 Å². The number of hydrogen-bond acceptors (Lipinski definition) is 2. The van der Waals surface area contributed by atoms with Crippen LogP contribution < -0.4 is 10.1 Å². The van der Waals surface area contributed by atoms with E-state index in [-0.39, 0.29) is 17.8 Å². The van der Waals surface area contributed by atoms with Crippen LogP contribution in [0.15, 0.2) is 24.3 Å². The minimum absolute atomic E-state index is 0.124. The molecule has 2 rings (SSSR count). The quantitative estimate of drug-likeness (QED) is 0.866. The number of nitrogens with zero attached hydrogens (tertiary/aromatic N) is 1. The molecule has 1 fully saturated rings. The van der Waals surface area contributed by atoms with Crippen LogP contribution in [0.25, 0.3) is 0 Å². The number of rotatable bonds is 6. The molecular formula is C16H21F3N2O2. The Balaban J connectivity index is 1.74. The van der Waals surface area contributed by atoms with Crippen LogP contribution >= 0.6 is 0 Å². The van der Waals surface area contributed by atoms with E-state index in [4.69, 9.17) is 0 Å². The smallest absolute Gasteiger partial charge is 0.406 e. The summed E-state index contributed by atoms with van der Waals surface area (Å²) in [6.07, 6.45) is -1.79. The fourth-order valence-electron chi connectivity index (χ4n) is 2.38. The van der Waals surface area contributed by atoms with E-state index in [0.29, 0.717) is 18.9 Å². The fraction of sp³-hybridized carbons (Fsp3) is 0.562. The van der Waals surface area contributed by atoms with Gasteiger partial charge in [0.2, 0.25) is 0 Å². The number of nitrogens with one attached hydrogen (secondary N) is 1. The molecule has 0 bridgehead atoms. The van der Waals surface area contributed by atoms with Gasteiger partial charge >= 0.3 is 12.4 Å². The highest BCUT2D eigenvalue weighted by Crippen LogP contribution is 2.34. The zero-order valence-electron chi connectivity index (χ0n) is 13.2. The van der Waals surface area contributed by atoms with Crippen molar-refractivity contribution in [1.29, 1.82) is 0 Å². The number of alkyl halides is 3. The SMILES string of the molecule is CC(C1CC1)N(C)C(=O)NCCc1ccc(OC(F)(F)F)cc1. The van der Waals surface area contributed by atoms with Gasteiger partial charge in [0, 0.05) is 19.6 Å². The molecule has 4 nitrogen and oxygen atoms in total. The molecule has 1 unspecified atom stereocenters. The van der Waals surface area contributed by atoms with Gasteiger partial charge in [0.25, 0.3) is 0 Å². The predicted molar refractivity (Wildman–Crippen MR) is 80.2 cm³/mol. The van der Waals surface area contributed by atoms with E-state index in [1.54, 1.807) is 24.1 Å². The van der Waals surface area contributed by atoms with Crippen molar-refractivity contribution in [1.82, 2.24) is 10.2 Å². The van der Waals surface area contributed by atoms with Crippen LogP contribution in [0.2, 0.25) is 0 Å². The number of hydrogen-bond donors (Lipinski definition) is 1. The first-order valence-corrected chi connectivity index (χ1v) is 7.61. The summed E-state index contributed by atoms with van der Waals surface area (Å²) in [6.45, 7) is 2.47. The summed E-state index contributed by atoms with van der Waals surface area (Å²) in [6, 6.07) is 5.76. The summed E-state index contributed by atoms with van der Waals surface area (Å²) in [7, 11) is 1.78. The first-order chi connectivity index (χ1) is 10.8. The molecule has 0 radical (unpaired) electrons. The van der Waals surface area contributed by atoms with Gasteiger partial charge in [-0.1, -0.05) is 12.1 Å². The van der Waals surface area contributed by atoms with Crippen LogP contribution in [0.5, 0.6) is 5.75 Å². The standard InChI is InChI=1S/C16H21F3N2O2/c1-11(13-5-6-13)21(2)15(22)20-10-9-12-3-7-14(8-4-12)23-16(17,18)19/h3-4,7-8,11,13H,5-6,9-10H2,1-2H3,(H,20,22). The Kier molecular flexibility index (Phi) is 5.38. The topological polar surface area (TPSA) is 41.6 Å². The van der Waals surface area contributed by atoms with Crippen molar-refractivity contribution < 1.29 is 22.7 Å². The number of halogens is 3. The van der Waals surface area contributed by atoms with E-state index in [9.17, 15) is 18.0 Å². The first-order valence-electron chi connectivity index (χ1n) is 7.61. The van der Waals surface area contributed by atoms with Gasteiger partial charge in [0.05, 0.1) is 0 Å². The Bertz CT molecular complexity index is 527. The fourth-order valence-corrected chi connectivity index (χ4v) is 2.38. The highest BCUT2D eigenvalue weighted by Gasteiger charge is 2.32. The minimum atomic E-state index is -4.68. The van der Waals surface area contributed by atoms with Gasteiger partial charge < -0.3 is 15.0 Å². The van der Waals surface area contributed by atoms with E-state index in [2.05, 4.69) is 10.1 Å². The van der Waals surface area contributed by atoms with Crippen LogP contribution in [-0.4, -0.2) is 36.9 Å². The van der Waals surface area contributed by atoms with Crippen molar-refractivity contribution in [2.75, 3.05) is 13.6 Å². The second-order valence-corrected chi connectivity index (χ2v) is 5.86. The van der Waals surface area contributed by atoms with Crippen LogP contribution in [0.4, 0.5) is 18.0 Å². The highest BCUT2D eigenvalue weighted by atomic mass is 19.4. The normalized spacial score (nSPS) is 15.9. The average molecular weight is 330 g/mol. The molecule has 0 aromatic heterocycles. The summed E-state index contributed by atoms with van der Waals surface area (Å²) >= 11 is 0. The number of carbonyl (C=O) groups excluding carboxylic acids is 1. The Morgan fingerprint density at radius 3 is 2.48 bits per heavy atom. The Labute approximate surface area is 133 Å². The summed E-state index contributed by atoms with van der Waals surface area (Å²) in [5.74, 6) is 0.357. The zero-order chi connectivity index (χ0) is 17.0. The van der Waals surface area contributed by atoms with Crippen molar-refractivity contribution in [3.8, 4) is 5.75 Å². The summed E-state index contributed by atoms with van der Waals surface area (Å²) in [5.41, 5.74) is 0.831. The molecule has 0 spiro atoms. The van der Waals surface area contributed by atoms with Gasteiger partial charge in [-0.15, -0.1) is 13.2 Å². The van der Waals surface area contributed by atoms with Gasteiger partial charge in [-0.05, 0) is 49.8 Å². The molecule has 1 aliphatic rings. The zero-order valence-corrected chi connectivity index (χ0v) is 13.2. The molecule has 0 saturated heterocycles. The van der Waals surface area contributed by atoms with E-state index >= 15 is 0 Å². The summed E-state index contributed by atoms with van der Waals surface area (Å²) in [5, 5.41) is 2.82. The van der Waals surface area contributed by atoms with Gasteiger partial charge in [-0.25, -0.2) is 4.79 Å². The van der Waals surface area contributed by atoms with Crippen molar-refractivity contribution >= 4 is 6.03 Å². The average Bonchev–Trinajstić information content (AvgIpc) is 3.30. The molecule has 1 N–H and O–H groups in total. The molecule has 0 aliphatic heterocycles. The molecule has 2 amide bonds. The molecule has 23 heavy (non-hydrogen) atoms. The molecule has 1 aliphatic carbocycles. The monoisotopic (exact) mass is 330 g/mol. The third kappa shape index (κ3) is 5.65. The van der Waals surface area contributed by atoms with Gasteiger partial charge in [-0.2, -0.15) is 0 Å². The predicted octanol–water partition coefficient (Wildman–Crippen LogP) is 3.57. The van der Waals surface area contributed by atoms with Crippen molar-refractivity contribution in [3.05, 3.63) is 29.8 Å². The summed E-state index contributed by atoms with van der Waals surface area (Å²) in [4.78, 5) is 13.7. The lowest BCUT2D eigenvalue weighted by Gasteiger charge is -2.25. The molecule has 1 saturated carbocycles. The number of benzene rings is 1. The molecule has 128 valence electrons. The van der Waals surface area contributed by atoms with Crippen molar-refractivity contribution in [2.45, 2.75) is 38.6 Å². The molecule has 1 aromatic carbocycles. The largest absolute Gasteiger partial charge is 0.573 e. The summed E-state index contributed by atoms with van der Waals surface area (Å²) < 4.78 is 40.0. The van der Waals surface area contributed by atoms with Crippen molar-refractivity contribution in [3.63, 3.8) is 0 Å². The lowest BCUT2D eigenvalue weighted by molar-refractivity contribution is -0.274. The first kappa shape index (κ1) is 17.4. The Morgan fingerprint density at radius 2 is 1.96 bits per heavy atom. The van der Waals surface area contributed by atoms with E-state index < -0.39 is 6.36 Å². The van der Waals surface area contributed by atoms with E-state index in [1.807, 2.05) is 6.92 Å². The third-order valence-corrected chi connectivity index (χ3v) is 4.08. The van der Waals surface area contributed by atoms with Crippen LogP contribution in [-0.2, 0) is 6.42 Å². The Hall–Kier alpha value is -1.92. The van der Waals surface area contributed by atoms with Crippen LogP contribution in [0.1, 0.15) is 25.3 Å². The molecule has 7 heteroatoms. The molecular weight excluding hydrogens is 309 g/mol. The molecule has 0 heterocycles. The minimum Gasteiger partial charge on any atom is -0.406 e. The lowest BCUT2D eigenvalue weighted by Crippen LogP contribution is -2.43. The second-order valence-electron chi connectivity index (χ2n) is 5.86. The molecule has 1 aromatic rings. The number of amides is 2. The number of carbonyl (C=O) groups is 1.